The molecule has 1 aromatic carbocycles. The van der Waals surface area contributed by atoms with Crippen molar-refractivity contribution in [2.45, 2.75) is 13.0 Å². The lowest BCUT2D eigenvalue weighted by atomic mass is 9.99. The molecular formula is C12H15NO2. The van der Waals surface area contributed by atoms with Gasteiger partial charge in [-0.2, -0.15) is 0 Å². The highest BCUT2D eigenvalue weighted by Crippen LogP contribution is 2.11. The van der Waals surface area contributed by atoms with E-state index in [1.165, 1.54) is 0 Å². The number of Topliss-reactive ketones (excluding diaryl/α,β-unsaturated/α-hetero) is 1. The predicted molar refractivity (Wildman–Crippen MR) is 58.1 cm³/mol. The van der Waals surface area contributed by atoms with E-state index in [1.807, 2.05) is 31.2 Å². The zero-order valence-corrected chi connectivity index (χ0v) is 8.82. The van der Waals surface area contributed by atoms with Crippen LogP contribution in [0, 0.1) is 6.92 Å². The molecule has 1 unspecified atom stereocenters. The van der Waals surface area contributed by atoms with E-state index in [2.05, 4.69) is 5.32 Å². The molecule has 1 N–H and O–H groups in total. The highest BCUT2D eigenvalue weighted by molar-refractivity contribution is 6.01. The summed E-state index contributed by atoms with van der Waals surface area (Å²) < 4.78 is 5.28. The second kappa shape index (κ2) is 4.55. The van der Waals surface area contributed by atoms with Crippen LogP contribution in [0.4, 0.5) is 0 Å². The van der Waals surface area contributed by atoms with Crippen LogP contribution in [0.25, 0.3) is 0 Å². The molecule has 0 spiro atoms. The number of aryl methyl sites for hydroxylation is 1. The Labute approximate surface area is 89.4 Å². The van der Waals surface area contributed by atoms with Crippen LogP contribution < -0.4 is 5.32 Å². The summed E-state index contributed by atoms with van der Waals surface area (Å²) in [6, 6.07) is 7.48. The van der Waals surface area contributed by atoms with Crippen molar-refractivity contribution in [3.63, 3.8) is 0 Å². The van der Waals surface area contributed by atoms with Gasteiger partial charge in [-0.25, -0.2) is 0 Å². The van der Waals surface area contributed by atoms with Crippen molar-refractivity contribution in [1.29, 1.82) is 0 Å². The molecule has 1 saturated heterocycles. The Kier molecular flexibility index (Phi) is 3.14. The zero-order chi connectivity index (χ0) is 10.7. The molecule has 0 amide bonds. The summed E-state index contributed by atoms with van der Waals surface area (Å²) in [7, 11) is 0. The molecule has 0 saturated carbocycles. The number of nitrogens with one attached hydrogen (secondary N) is 1. The van der Waals surface area contributed by atoms with E-state index >= 15 is 0 Å². The standard InChI is InChI=1S/C12H15NO2/c1-9-4-2-3-5-10(9)12(14)11-8-15-7-6-13-11/h2-5,11,13H,6-8H2,1H3. The van der Waals surface area contributed by atoms with E-state index in [9.17, 15) is 4.79 Å². The van der Waals surface area contributed by atoms with Gasteiger partial charge < -0.3 is 10.1 Å². The molecule has 1 atom stereocenters. The number of hydrogen-bond donors (Lipinski definition) is 1. The number of ketones is 1. The van der Waals surface area contributed by atoms with Crippen molar-refractivity contribution in [3.05, 3.63) is 35.4 Å². The van der Waals surface area contributed by atoms with Crippen LogP contribution in [0.15, 0.2) is 24.3 Å². The average Bonchev–Trinajstić information content (AvgIpc) is 2.30. The molecule has 3 nitrogen and oxygen atoms in total. The van der Waals surface area contributed by atoms with Crippen LogP contribution in [0.5, 0.6) is 0 Å². The van der Waals surface area contributed by atoms with Gasteiger partial charge in [0.2, 0.25) is 0 Å². The molecule has 0 bridgehead atoms. The number of hydrogen-bond acceptors (Lipinski definition) is 3. The summed E-state index contributed by atoms with van der Waals surface area (Å²) in [4.78, 5) is 12.1. The van der Waals surface area contributed by atoms with Gasteiger partial charge in [-0.05, 0) is 12.5 Å². The summed E-state index contributed by atoms with van der Waals surface area (Å²) >= 11 is 0. The molecule has 1 fully saturated rings. The number of carbonyl (C=O) groups is 1. The molecule has 3 heteroatoms. The lowest BCUT2D eigenvalue weighted by Gasteiger charge is -2.23. The minimum Gasteiger partial charge on any atom is -0.378 e. The maximum Gasteiger partial charge on any atom is 0.182 e. The van der Waals surface area contributed by atoms with Crippen LogP contribution in [-0.4, -0.2) is 31.6 Å². The third-order valence-corrected chi connectivity index (χ3v) is 2.65. The second-order valence-corrected chi connectivity index (χ2v) is 3.76. The molecule has 0 radical (unpaired) electrons. The first kappa shape index (κ1) is 10.3. The van der Waals surface area contributed by atoms with Crippen LogP contribution in [0.2, 0.25) is 0 Å². The van der Waals surface area contributed by atoms with Gasteiger partial charge in [0.15, 0.2) is 5.78 Å². The number of rotatable bonds is 2. The molecule has 1 heterocycles. The van der Waals surface area contributed by atoms with Crippen molar-refractivity contribution >= 4 is 5.78 Å². The quantitative estimate of drug-likeness (QED) is 0.736. The van der Waals surface area contributed by atoms with Crippen molar-refractivity contribution in [1.82, 2.24) is 5.32 Å². The zero-order valence-electron chi connectivity index (χ0n) is 8.82. The van der Waals surface area contributed by atoms with Gasteiger partial charge in [-0.3, -0.25) is 4.79 Å². The normalized spacial score (nSPS) is 21.3. The maximum atomic E-state index is 12.1. The SMILES string of the molecule is Cc1ccccc1C(=O)C1COCCN1. The van der Waals surface area contributed by atoms with Crippen LogP contribution in [-0.2, 0) is 4.74 Å². The fourth-order valence-corrected chi connectivity index (χ4v) is 1.77. The number of ether oxygens (including phenoxy) is 1. The molecular weight excluding hydrogens is 190 g/mol. The van der Waals surface area contributed by atoms with E-state index in [0.29, 0.717) is 13.2 Å². The first-order chi connectivity index (χ1) is 7.29. The van der Waals surface area contributed by atoms with Gasteiger partial charge in [-0.15, -0.1) is 0 Å². The van der Waals surface area contributed by atoms with Gasteiger partial charge in [-0.1, -0.05) is 24.3 Å². The summed E-state index contributed by atoms with van der Waals surface area (Å²) in [5, 5.41) is 3.17. The molecule has 1 aliphatic rings. The van der Waals surface area contributed by atoms with Gasteiger partial charge in [0.05, 0.1) is 19.3 Å². The lowest BCUT2D eigenvalue weighted by Crippen LogP contribution is -2.46. The van der Waals surface area contributed by atoms with E-state index < -0.39 is 0 Å². The highest BCUT2D eigenvalue weighted by atomic mass is 16.5. The first-order valence-electron chi connectivity index (χ1n) is 5.20. The van der Waals surface area contributed by atoms with Gasteiger partial charge in [0.25, 0.3) is 0 Å². The number of benzene rings is 1. The first-order valence-corrected chi connectivity index (χ1v) is 5.20. The Morgan fingerprint density at radius 2 is 2.27 bits per heavy atom. The van der Waals surface area contributed by atoms with Crippen LogP contribution in [0.1, 0.15) is 15.9 Å². The average molecular weight is 205 g/mol. The third kappa shape index (κ3) is 2.25. The lowest BCUT2D eigenvalue weighted by molar-refractivity contribution is 0.0607. The van der Waals surface area contributed by atoms with Crippen molar-refractivity contribution in [2.75, 3.05) is 19.8 Å². The summed E-state index contributed by atoms with van der Waals surface area (Å²) in [6.07, 6.45) is 0. The Hall–Kier alpha value is -1.19. The Balaban J connectivity index is 2.16. The maximum absolute atomic E-state index is 12.1. The summed E-state index contributed by atoms with van der Waals surface area (Å²) in [5.41, 5.74) is 1.82. The van der Waals surface area contributed by atoms with Gasteiger partial charge >= 0.3 is 0 Å². The van der Waals surface area contributed by atoms with Crippen molar-refractivity contribution in [2.24, 2.45) is 0 Å². The highest BCUT2D eigenvalue weighted by Gasteiger charge is 2.23. The van der Waals surface area contributed by atoms with Crippen molar-refractivity contribution in [3.8, 4) is 0 Å². The van der Waals surface area contributed by atoms with E-state index in [4.69, 9.17) is 4.74 Å². The van der Waals surface area contributed by atoms with E-state index in [1.54, 1.807) is 0 Å². The fraction of sp³-hybridized carbons (Fsp3) is 0.417. The summed E-state index contributed by atoms with van der Waals surface area (Å²) in [5.74, 6) is 0.132. The largest absolute Gasteiger partial charge is 0.378 e. The summed E-state index contributed by atoms with van der Waals surface area (Å²) in [6.45, 7) is 3.88. The topological polar surface area (TPSA) is 38.3 Å². The Morgan fingerprint density at radius 1 is 1.47 bits per heavy atom. The van der Waals surface area contributed by atoms with E-state index in [0.717, 1.165) is 17.7 Å². The predicted octanol–water partition coefficient (Wildman–Crippen LogP) is 1.17. The molecule has 0 aromatic heterocycles. The Bertz CT molecular complexity index is 356. The molecule has 1 aromatic rings. The molecule has 1 aliphatic heterocycles. The molecule has 80 valence electrons. The van der Waals surface area contributed by atoms with Crippen molar-refractivity contribution < 1.29 is 9.53 Å². The monoisotopic (exact) mass is 205 g/mol. The van der Waals surface area contributed by atoms with Crippen LogP contribution >= 0.6 is 0 Å². The number of morpholine rings is 1. The smallest absolute Gasteiger partial charge is 0.182 e. The molecule has 0 aliphatic carbocycles. The minimum absolute atomic E-state index is 0.132. The van der Waals surface area contributed by atoms with Crippen LogP contribution in [0.3, 0.4) is 0 Å². The molecule has 2 rings (SSSR count). The van der Waals surface area contributed by atoms with E-state index in [-0.39, 0.29) is 11.8 Å². The Morgan fingerprint density at radius 3 is 2.93 bits per heavy atom. The van der Waals surface area contributed by atoms with Gasteiger partial charge in [0.1, 0.15) is 0 Å². The second-order valence-electron chi connectivity index (χ2n) is 3.76. The fourth-order valence-electron chi connectivity index (χ4n) is 1.77. The molecule has 15 heavy (non-hydrogen) atoms. The minimum atomic E-state index is -0.181. The van der Waals surface area contributed by atoms with Gasteiger partial charge in [0, 0.05) is 12.1 Å². The third-order valence-electron chi connectivity index (χ3n) is 2.65. The number of carbonyl (C=O) groups excluding carboxylic acids is 1.